The number of aliphatic carboxylic acids is 1. The summed E-state index contributed by atoms with van der Waals surface area (Å²) in [4.78, 5) is 20.3. The Kier molecular flexibility index (Phi) is 3.94. The first-order valence-electron chi connectivity index (χ1n) is 4.79. The maximum absolute atomic E-state index is 13.5. The summed E-state index contributed by atoms with van der Waals surface area (Å²) in [5, 5.41) is 37.6. The third-order valence-electron chi connectivity index (χ3n) is 2.38. The molecule has 0 amide bonds. The van der Waals surface area contributed by atoms with Crippen molar-refractivity contribution in [3.63, 3.8) is 0 Å². The van der Waals surface area contributed by atoms with Gasteiger partial charge >= 0.3 is 5.97 Å². The fourth-order valence-electron chi connectivity index (χ4n) is 1.41. The molecule has 0 fully saturated rings. The van der Waals surface area contributed by atoms with Crippen molar-refractivity contribution < 1.29 is 29.4 Å². The van der Waals surface area contributed by atoms with E-state index in [4.69, 9.17) is 10.2 Å². The van der Waals surface area contributed by atoms with Crippen LogP contribution in [0.2, 0.25) is 0 Å². The number of aryl methyl sites for hydroxylation is 1. The minimum atomic E-state index is -2.26. The molecule has 0 saturated carbocycles. The Morgan fingerprint density at radius 2 is 2.00 bits per heavy atom. The molecule has 0 radical (unpaired) electrons. The van der Waals surface area contributed by atoms with Crippen LogP contribution in [0.5, 0.6) is 0 Å². The maximum Gasteiger partial charge on any atom is 0.335 e. The zero-order valence-corrected chi connectivity index (χ0v) is 9.20. The molecule has 2 unspecified atom stereocenters. The average molecular weight is 259 g/mol. The molecule has 1 rings (SSSR count). The summed E-state index contributed by atoms with van der Waals surface area (Å²) < 4.78 is 13.5. The molecule has 0 heterocycles. The first-order chi connectivity index (χ1) is 8.25. The van der Waals surface area contributed by atoms with Gasteiger partial charge in [-0.2, -0.15) is 0 Å². The Hall–Kier alpha value is -2.06. The number of rotatable bonds is 4. The Labute approximate surface area is 100 Å². The second-order valence-electron chi connectivity index (χ2n) is 3.65. The Balaban J connectivity index is 3.28. The maximum atomic E-state index is 13.5. The third-order valence-corrected chi connectivity index (χ3v) is 2.38. The molecule has 7 nitrogen and oxygen atoms in total. The number of nitro groups is 1. The van der Waals surface area contributed by atoms with E-state index in [1.807, 2.05) is 0 Å². The molecule has 18 heavy (non-hydrogen) atoms. The molecule has 0 aliphatic rings. The number of carbonyl (C=O) groups is 1. The number of hydrogen-bond donors (Lipinski definition) is 3. The molecule has 3 N–H and O–H groups in total. The molecule has 2 atom stereocenters. The zero-order valence-electron chi connectivity index (χ0n) is 9.20. The average Bonchev–Trinajstić information content (AvgIpc) is 2.26. The molecule has 0 aromatic heterocycles. The van der Waals surface area contributed by atoms with Gasteiger partial charge in [0.05, 0.1) is 4.92 Å². The van der Waals surface area contributed by atoms with Crippen LogP contribution in [0.15, 0.2) is 12.1 Å². The SMILES string of the molecule is Cc1cc(F)c(C(O)C(O)C(=O)O)cc1[N+](=O)[O-]. The number of carboxylic acid groups (broad SMARTS) is 1. The second kappa shape index (κ2) is 5.07. The van der Waals surface area contributed by atoms with Crippen LogP contribution in [0, 0.1) is 22.9 Å². The van der Waals surface area contributed by atoms with Gasteiger partial charge in [-0.25, -0.2) is 9.18 Å². The van der Waals surface area contributed by atoms with Crippen LogP contribution < -0.4 is 0 Å². The van der Waals surface area contributed by atoms with Gasteiger partial charge < -0.3 is 15.3 Å². The van der Waals surface area contributed by atoms with Crippen molar-refractivity contribution in [1.29, 1.82) is 0 Å². The van der Waals surface area contributed by atoms with E-state index in [0.29, 0.717) is 6.07 Å². The van der Waals surface area contributed by atoms with Crippen molar-refractivity contribution >= 4 is 11.7 Å². The molecule has 0 spiro atoms. The molecule has 98 valence electrons. The van der Waals surface area contributed by atoms with Gasteiger partial charge in [0.2, 0.25) is 0 Å². The predicted octanol–water partition coefficient (Wildman–Crippen LogP) is 0.521. The summed E-state index contributed by atoms with van der Waals surface area (Å²) in [7, 11) is 0. The van der Waals surface area contributed by atoms with Crippen molar-refractivity contribution in [2.24, 2.45) is 0 Å². The highest BCUT2D eigenvalue weighted by molar-refractivity contribution is 5.73. The topological polar surface area (TPSA) is 121 Å². The summed E-state index contributed by atoms with van der Waals surface area (Å²) in [6.07, 6.45) is -4.34. The Morgan fingerprint density at radius 3 is 2.44 bits per heavy atom. The highest BCUT2D eigenvalue weighted by Crippen LogP contribution is 2.28. The lowest BCUT2D eigenvalue weighted by molar-refractivity contribution is -0.385. The molecule has 1 aromatic carbocycles. The minimum Gasteiger partial charge on any atom is -0.479 e. The zero-order chi connectivity index (χ0) is 14.0. The molecule has 0 bridgehead atoms. The van der Waals surface area contributed by atoms with Gasteiger partial charge in [0.15, 0.2) is 6.10 Å². The molecular weight excluding hydrogens is 249 g/mol. The van der Waals surface area contributed by atoms with Gasteiger partial charge in [0, 0.05) is 17.2 Å². The smallest absolute Gasteiger partial charge is 0.335 e. The number of nitrogens with zero attached hydrogens (tertiary/aromatic N) is 1. The van der Waals surface area contributed by atoms with Crippen LogP contribution in [-0.4, -0.2) is 32.3 Å². The largest absolute Gasteiger partial charge is 0.479 e. The third kappa shape index (κ3) is 2.60. The van der Waals surface area contributed by atoms with Gasteiger partial charge in [0.1, 0.15) is 11.9 Å². The molecule has 8 heteroatoms. The van der Waals surface area contributed by atoms with Crippen LogP contribution in [0.4, 0.5) is 10.1 Å². The first-order valence-corrected chi connectivity index (χ1v) is 4.79. The highest BCUT2D eigenvalue weighted by Gasteiger charge is 2.29. The Morgan fingerprint density at radius 1 is 1.44 bits per heavy atom. The lowest BCUT2D eigenvalue weighted by atomic mass is 10.0. The van der Waals surface area contributed by atoms with Crippen molar-refractivity contribution in [3.8, 4) is 0 Å². The van der Waals surface area contributed by atoms with Crippen LogP contribution in [0.3, 0.4) is 0 Å². The summed E-state index contributed by atoms with van der Waals surface area (Å²) in [5.41, 5.74) is -1.08. The fraction of sp³-hybridized carbons (Fsp3) is 0.300. The van der Waals surface area contributed by atoms with Crippen molar-refractivity contribution in [1.82, 2.24) is 0 Å². The molecular formula is C10H10FNO6. The van der Waals surface area contributed by atoms with Crippen molar-refractivity contribution in [2.45, 2.75) is 19.1 Å². The van der Waals surface area contributed by atoms with E-state index >= 15 is 0 Å². The van der Waals surface area contributed by atoms with Crippen molar-refractivity contribution in [3.05, 3.63) is 39.2 Å². The summed E-state index contributed by atoms with van der Waals surface area (Å²) in [5.74, 6) is -2.78. The van der Waals surface area contributed by atoms with Crippen LogP contribution in [-0.2, 0) is 4.79 Å². The summed E-state index contributed by atoms with van der Waals surface area (Å²) >= 11 is 0. The van der Waals surface area contributed by atoms with Gasteiger partial charge in [-0.3, -0.25) is 10.1 Å². The van der Waals surface area contributed by atoms with E-state index < -0.39 is 40.2 Å². The molecule has 0 saturated heterocycles. The first kappa shape index (κ1) is 14.0. The number of aliphatic hydroxyl groups excluding tert-OH is 2. The minimum absolute atomic E-state index is 0.0262. The number of hydrogen-bond acceptors (Lipinski definition) is 5. The van der Waals surface area contributed by atoms with E-state index in [1.165, 1.54) is 6.92 Å². The predicted molar refractivity (Wildman–Crippen MR) is 56.4 cm³/mol. The standard InChI is InChI=1S/C10H10FNO6/c1-4-2-6(11)5(3-7(4)12(17)18)8(13)9(14)10(15)16/h2-3,8-9,13-14H,1H3,(H,15,16). The van der Waals surface area contributed by atoms with Crippen LogP contribution >= 0.6 is 0 Å². The van der Waals surface area contributed by atoms with E-state index in [-0.39, 0.29) is 5.56 Å². The molecule has 0 aliphatic carbocycles. The fourth-order valence-corrected chi connectivity index (χ4v) is 1.41. The van der Waals surface area contributed by atoms with Crippen LogP contribution in [0.1, 0.15) is 17.2 Å². The van der Waals surface area contributed by atoms with Crippen molar-refractivity contribution in [2.75, 3.05) is 0 Å². The van der Waals surface area contributed by atoms with Gasteiger partial charge in [-0.05, 0) is 13.0 Å². The number of nitro benzene ring substituents is 1. The molecule has 0 aliphatic heterocycles. The van der Waals surface area contributed by atoms with Gasteiger partial charge in [0.25, 0.3) is 5.69 Å². The number of carboxylic acids is 1. The number of halogens is 1. The van der Waals surface area contributed by atoms with E-state index in [9.17, 15) is 24.4 Å². The van der Waals surface area contributed by atoms with E-state index in [2.05, 4.69) is 0 Å². The normalized spacial score (nSPS) is 14.0. The highest BCUT2D eigenvalue weighted by atomic mass is 19.1. The summed E-state index contributed by atoms with van der Waals surface area (Å²) in [6.45, 7) is 1.30. The van der Waals surface area contributed by atoms with E-state index in [1.54, 1.807) is 0 Å². The van der Waals surface area contributed by atoms with Crippen LogP contribution in [0.25, 0.3) is 0 Å². The van der Waals surface area contributed by atoms with Gasteiger partial charge in [-0.1, -0.05) is 0 Å². The molecule has 1 aromatic rings. The number of aliphatic hydroxyl groups is 2. The number of benzene rings is 1. The second-order valence-corrected chi connectivity index (χ2v) is 3.65. The monoisotopic (exact) mass is 259 g/mol. The van der Waals surface area contributed by atoms with E-state index in [0.717, 1.165) is 6.07 Å². The quantitative estimate of drug-likeness (QED) is 0.535. The van der Waals surface area contributed by atoms with Gasteiger partial charge in [-0.15, -0.1) is 0 Å². The lowest BCUT2D eigenvalue weighted by Crippen LogP contribution is -2.28. The Bertz CT molecular complexity index is 503. The lowest BCUT2D eigenvalue weighted by Gasteiger charge is -2.15. The summed E-state index contributed by atoms with van der Waals surface area (Å²) in [6, 6.07) is 1.51.